The first-order valence-corrected chi connectivity index (χ1v) is 7.23. The highest BCUT2D eigenvalue weighted by Crippen LogP contribution is 2.47. The second kappa shape index (κ2) is 4.73. The summed E-state index contributed by atoms with van der Waals surface area (Å²) in [5.41, 5.74) is 8.63. The molecule has 1 saturated carbocycles. The topological polar surface area (TPSA) is 43.8 Å². The van der Waals surface area contributed by atoms with Gasteiger partial charge in [-0.25, -0.2) is 0 Å². The molecule has 1 unspecified atom stereocenters. The van der Waals surface area contributed by atoms with Gasteiger partial charge in [0.05, 0.1) is 15.9 Å². The van der Waals surface area contributed by atoms with Gasteiger partial charge in [0.2, 0.25) is 0 Å². The second-order valence-corrected chi connectivity index (χ2v) is 6.26. The van der Waals surface area contributed by atoms with Gasteiger partial charge in [-0.1, -0.05) is 6.92 Å². The first-order valence-electron chi connectivity index (χ1n) is 6.43. The predicted molar refractivity (Wildman–Crippen MR) is 73.9 cm³/mol. The van der Waals surface area contributed by atoms with Gasteiger partial charge >= 0.3 is 0 Å². The van der Waals surface area contributed by atoms with Gasteiger partial charge in [-0.3, -0.25) is 4.68 Å². The number of hydrogen-bond donors (Lipinski definition) is 1. The van der Waals surface area contributed by atoms with Gasteiger partial charge in [-0.15, -0.1) is 0 Å². The Hall–Kier alpha value is -0.350. The summed E-state index contributed by atoms with van der Waals surface area (Å²) in [6, 6.07) is 0. The Morgan fingerprint density at radius 1 is 1.53 bits per heavy atom. The number of nitrogens with two attached hydrogens (primary N) is 1. The van der Waals surface area contributed by atoms with E-state index in [1.165, 1.54) is 23.0 Å². The summed E-state index contributed by atoms with van der Waals surface area (Å²) in [7, 11) is 0. The van der Waals surface area contributed by atoms with Gasteiger partial charge in [0.25, 0.3) is 0 Å². The minimum absolute atomic E-state index is 0.238. The molecule has 2 N–H and O–H groups in total. The summed E-state index contributed by atoms with van der Waals surface area (Å²) in [4.78, 5) is 0. The van der Waals surface area contributed by atoms with Gasteiger partial charge in [0.15, 0.2) is 0 Å². The summed E-state index contributed by atoms with van der Waals surface area (Å²) in [6.45, 7) is 8.19. The van der Waals surface area contributed by atoms with E-state index >= 15 is 0 Å². The van der Waals surface area contributed by atoms with Crippen molar-refractivity contribution in [1.82, 2.24) is 9.78 Å². The third-order valence-corrected chi connectivity index (χ3v) is 5.08. The van der Waals surface area contributed by atoms with E-state index in [0.29, 0.717) is 0 Å². The van der Waals surface area contributed by atoms with E-state index < -0.39 is 0 Å². The van der Waals surface area contributed by atoms with Gasteiger partial charge in [0, 0.05) is 6.54 Å². The van der Waals surface area contributed by atoms with Crippen LogP contribution in [0.3, 0.4) is 0 Å². The molecule has 0 saturated heterocycles. The molecule has 0 aromatic carbocycles. The van der Waals surface area contributed by atoms with Crippen LogP contribution in [0, 0.1) is 18.3 Å². The Balaban J connectivity index is 2.27. The van der Waals surface area contributed by atoms with E-state index in [0.717, 1.165) is 31.1 Å². The Morgan fingerprint density at radius 3 is 2.65 bits per heavy atom. The molecule has 0 amide bonds. The summed E-state index contributed by atoms with van der Waals surface area (Å²) in [5.74, 6) is 0.805. The number of aromatic nitrogens is 2. The number of halogens is 1. The maximum absolute atomic E-state index is 6.00. The minimum Gasteiger partial charge on any atom is -0.330 e. The van der Waals surface area contributed by atoms with E-state index in [1.807, 2.05) is 0 Å². The normalized spacial score (nSPS) is 19.4. The average molecular weight is 300 g/mol. The molecule has 1 aliphatic rings. The lowest BCUT2D eigenvalue weighted by Gasteiger charge is -2.28. The van der Waals surface area contributed by atoms with Crippen LogP contribution in [-0.4, -0.2) is 16.3 Å². The standard InChI is InChI=1S/C13H22BrN3/c1-4-17-11(12(14)9(2)16-17)7-13(3,8-15)10-5-6-10/h10H,4-8,15H2,1-3H3. The highest BCUT2D eigenvalue weighted by molar-refractivity contribution is 9.10. The molecule has 1 aliphatic carbocycles. The van der Waals surface area contributed by atoms with Crippen molar-refractivity contribution in [2.45, 2.75) is 46.6 Å². The number of aryl methyl sites for hydroxylation is 2. The van der Waals surface area contributed by atoms with Crippen molar-refractivity contribution in [1.29, 1.82) is 0 Å². The third kappa shape index (κ3) is 2.43. The Labute approximate surface area is 112 Å². The molecule has 96 valence electrons. The smallest absolute Gasteiger partial charge is 0.0738 e. The molecule has 17 heavy (non-hydrogen) atoms. The minimum atomic E-state index is 0.238. The SMILES string of the molecule is CCn1nc(C)c(Br)c1CC(C)(CN)C1CC1. The van der Waals surface area contributed by atoms with Crippen molar-refractivity contribution in [2.24, 2.45) is 17.1 Å². The van der Waals surface area contributed by atoms with Gasteiger partial charge < -0.3 is 5.73 Å². The number of rotatable bonds is 5. The van der Waals surface area contributed by atoms with Gasteiger partial charge in [0.1, 0.15) is 0 Å². The summed E-state index contributed by atoms with van der Waals surface area (Å²) in [6.07, 6.45) is 3.71. The fourth-order valence-electron chi connectivity index (χ4n) is 2.58. The first kappa shape index (κ1) is 13.1. The van der Waals surface area contributed by atoms with Gasteiger partial charge in [-0.05, 0) is 66.9 Å². The summed E-state index contributed by atoms with van der Waals surface area (Å²) < 4.78 is 3.27. The molecule has 1 heterocycles. The van der Waals surface area contributed by atoms with E-state index in [1.54, 1.807) is 0 Å². The van der Waals surface area contributed by atoms with Crippen LogP contribution >= 0.6 is 15.9 Å². The highest BCUT2D eigenvalue weighted by atomic mass is 79.9. The van der Waals surface area contributed by atoms with Crippen LogP contribution in [0.2, 0.25) is 0 Å². The fraction of sp³-hybridized carbons (Fsp3) is 0.769. The lowest BCUT2D eigenvalue weighted by molar-refractivity contribution is 0.273. The Bertz CT molecular complexity index is 409. The summed E-state index contributed by atoms with van der Waals surface area (Å²) in [5, 5.41) is 4.56. The molecule has 4 heteroatoms. The van der Waals surface area contributed by atoms with Crippen LogP contribution in [0.25, 0.3) is 0 Å². The lowest BCUT2D eigenvalue weighted by atomic mass is 9.80. The monoisotopic (exact) mass is 299 g/mol. The predicted octanol–water partition coefficient (Wildman–Crippen LogP) is 2.89. The molecule has 0 bridgehead atoms. The van der Waals surface area contributed by atoms with Crippen molar-refractivity contribution in [3.05, 3.63) is 15.9 Å². The molecule has 0 aliphatic heterocycles. The van der Waals surface area contributed by atoms with E-state index in [2.05, 4.69) is 46.5 Å². The van der Waals surface area contributed by atoms with Crippen molar-refractivity contribution in [3.63, 3.8) is 0 Å². The molecule has 1 fully saturated rings. The number of nitrogens with zero attached hydrogens (tertiary/aromatic N) is 2. The third-order valence-electron chi connectivity index (χ3n) is 4.05. The molecule has 1 aromatic rings. The van der Waals surface area contributed by atoms with Crippen LogP contribution in [0.15, 0.2) is 4.47 Å². The molecule has 1 aromatic heterocycles. The van der Waals surface area contributed by atoms with Crippen molar-refractivity contribution < 1.29 is 0 Å². The van der Waals surface area contributed by atoms with Crippen LogP contribution < -0.4 is 5.73 Å². The number of hydrogen-bond acceptors (Lipinski definition) is 2. The maximum atomic E-state index is 6.00. The van der Waals surface area contributed by atoms with Crippen LogP contribution in [0.5, 0.6) is 0 Å². The van der Waals surface area contributed by atoms with Crippen LogP contribution in [0.1, 0.15) is 38.1 Å². The first-order chi connectivity index (χ1) is 8.01. The average Bonchev–Trinajstić information content (AvgIpc) is 3.13. The summed E-state index contributed by atoms with van der Waals surface area (Å²) >= 11 is 3.67. The van der Waals surface area contributed by atoms with E-state index in [4.69, 9.17) is 5.73 Å². The maximum Gasteiger partial charge on any atom is 0.0738 e. The quantitative estimate of drug-likeness (QED) is 0.908. The van der Waals surface area contributed by atoms with Crippen LogP contribution in [-0.2, 0) is 13.0 Å². The molecule has 0 radical (unpaired) electrons. The Kier molecular flexibility index (Phi) is 3.64. The second-order valence-electron chi connectivity index (χ2n) is 5.47. The fourth-order valence-corrected chi connectivity index (χ4v) is 3.01. The van der Waals surface area contributed by atoms with Crippen molar-refractivity contribution >= 4 is 15.9 Å². The molecular weight excluding hydrogens is 278 g/mol. The molecular formula is C13H22BrN3. The highest BCUT2D eigenvalue weighted by Gasteiger charge is 2.41. The van der Waals surface area contributed by atoms with Crippen molar-refractivity contribution in [3.8, 4) is 0 Å². The van der Waals surface area contributed by atoms with Crippen molar-refractivity contribution in [2.75, 3.05) is 6.54 Å². The van der Waals surface area contributed by atoms with Crippen LogP contribution in [0.4, 0.5) is 0 Å². The largest absolute Gasteiger partial charge is 0.330 e. The van der Waals surface area contributed by atoms with Gasteiger partial charge in [-0.2, -0.15) is 5.10 Å². The Morgan fingerprint density at radius 2 is 2.18 bits per heavy atom. The van der Waals surface area contributed by atoms with E-state index in [-0.39, 0.29) is 5.41 Å². The zero-order valence-corrected chi connectivity index (χ0v) is 12.5. The lowest BCUT2D eigenvalue weighted by Crippen LogP contribution is -2.32. The zero-order chi connectivity index (χ0) is 12.6. The molecule has 2 rings (SSSR count). The zero-order valence-electron chi connectivity index (χ0n) is 11.0. The molecule has 3 nitrogen and oxygen atoms in total. The van der Waals surface area contributed by atoms with E-state index in [9.17, 15) is 0 Å². The molecule has 0 spiro atoms. The molecule has 1 atom stereocenters.